The van der Waals surface area contributed by atoms with Gasteiger partial charge in [0.25, 0.3) is 0 Å². The molecule has 0 saturated heterocycles. The molecule has 2 heterocycles. The first-order valence-corrected chi connectivity index (χ1v) is 8.18. The van der Waals surface area contributed by atoms with Crippen molar-refractivity contribution in [2.24, 2.45) is 0 Å². The number of pyridine rings is 1. The first-order valence-electron chi connectivity index (χ1n) is 8.18. The molecule has 0 aromatic carbocycles. The zero-order valence-corrected chi connectivity index (χ0v) is 12.8. The SMILES string of the molecule is O=CCCCCc1nc(NC2CCCC2)c2ncccc2n1. The number of aldehydes is 1. The first-order chi connectivity index (χ1) is 10.9. The summed E-state index contributed by atoms with van der Waals surface area (Å²) in [5.74, 6) is 1.70. The Kier molecular flexibility index (Phi) is 4.93. The van der Waals surface area contributed by atoms with Crippen molar-refractivity contribution in [3.8, 4) is 0 Å². The van der Waals surface area contributed by atoms with Crippen LogP contribution in [-0.2, 0) is 11.2 Å². The highest BCUT2D eigenvalue weighted by Gasteiger charge is 2.17. The Hall–Kier alpha value is -2.04. The van der Waals surface area contributed by atoms with Crippen molar-refractivity contribution in [2.75, 3.05) is 5.32 Å². The molecule has 2 aromatic heterocycles. The molecular formula is C17H22N4O. The number of aryl methyl sites for hydroxylation is 1. The minimum atomic E-state index is 0.503. The Morgan fingerprint density at radius 2 is 2.09 bits per heavy atom. The van der Waals surface area contributed by atoms with Gasteiger partial charge in [-0.3, -0.25) is 4.98 Å². The third kappa shape index (κ3) is 3.59. The third-order valence-corrected chi connectivity index (χ3v) is 4.17. The van der Waals surface area contributed by atoms with E-state index >= 15 is 0 Å². The Morgan fingerprint density at radius 1 is 1.23 bits per heavy atom. The van der Waals surface area contributed by atoms with E-state index in [2.05, 4.69) is 20.3 Å². The van der Waals surface area contributed by atoms with Crippen LogP contribution in [0.25, 0.3) is 11.0 Å². The summed E-state index contributed by atoms with van der Waals surface area (Å²) in [4.78, 5) is 24.1. The molecule has 22 heavy (non-hydrogen) atoms. The molecule has 1 fully saturated rings. The average Bonchev–Trinajstić information content (AvgIpc) is 3.05. The van der Waals surface area contributed by atoms with Gasteiger partial charge >= 0.3 is 0 Å². The van der Waals surface area contributed by atoms with E-state index in [1.807, 2.05) is 12.1 Å². The number of nitrogens with zero attached hydrogens (tertiary/aromatic N) is 3. The van der Waals surface area contributed by atoms with Crippen LogP contribution < -0.4 is 5.32 Å². The molecule has 0 radical (unpaired) electrons. The highest BCUT2D eigenvalue weighted by Crippen LogP contribution is 2.25. The standard InChI is InChI=1S/C17H22N4O/c22-12-5-1-2-10-15-20-14-9-6-11-18-16(14)17(21-15)19-13-7-3-4-8-13/h6,9,11-13H,1-5,7-8,10H2,(H,19,20,21). The molecule has 1 saturated carbocycles. The predicted octanol–water partition coefficient (Wildman–Crippen LogP) is 3.29. The van der Waals surface area contributed by atoms with Crippen molar-refractivity contribution in [3.05, 3.63) is 24.2 Å². The van der Waals surface area contributed by atoms with Gasteiger partial charge in [-0.05, 0) is 37.8 Å². The van der Waals surface area contributed by atoms with Gasteiger partial charge in [0.05, 0.1) is 5.52 Å². The number of rotatable bonds is 7. The number of unbranched alkanes of at least 4 members (excludes halogenated alkanes) is 2. The normalized spacial score (nSPS) is 15.3. The monoisotopic (exact) mass is 298 g/mol. The van der Waals surface area contributed by atoms with E-state index in [1.165, 1.54) is 25.7 Å². The summed E-state index contributed by atoms with van der Waals surface area (Å²) in [6.45, 7) is 0. The highest BCUT2D eigenvalue weighted by atomic mass is 16.1. The van der Waals surface area contributed by atoms with Crippen LogP contribution in [0.5, 0.6) is 0 Å². The number of nitrogens with one attached hydrogen (secondary N) is 1. The van der Waals surface area contributed by atoms with Crippen molar-refractivity contribution in [3.63, 3.8) is 0 Å². The van der Waals surface area contributed by atoms with Crippen molar-refractivity contribution < 1.29 is 4.79 Å². The van der Waals surface area contributed by atoms with Gasteiger partial charge in [0, 0.05) is 25.1 Å². The summed E-state index contributed by atoms with van der Waals surface area (Å²) in [6.07, 6.45) is 11.0. The van der Waals surface area contributed by atoms with E-state index in [0.29, 0.717) is 12.5 Å². The van der Waals surface area contributed by atoms with E-state index < -0.39 is 0 Å². The Bertz CT molecular complexity index is 638. The molecule has 2 aromatic rings. The summed E-state index contributed by atoms with van der Waals surface area (Å²) in [5.41, 5.74) is 1.74. The summed E-state index contributed by atoms with van der Waals surface area (Å²) in [7, 11) is 0. The van der Waals surface area contributed by atoms with Gasteiger partial charge < -0.3 is 10.1 Å². The van der Waals surface area contributed by atoms with Crippen molar-refractivity contribution in [1.82, 2.24) is 15.0 Å². The maximum Gasteiger partial charge on any atom is 0.156 e. The lowest BCUT2D eigenvalue weighted by atomic mass is 10.2. The lowest BCUT2D eigenvalue weighted by Gasteiger charge is -2.15. The fraction of sp³-hybridized carbons (Fsp3) is 0.529. The molecule has 1 aliphatic rings. The molecule has 116 valence electrons. The minimum Gasteiger partial charge on any atom is -0.365 e. The van der Waals surface area contributed by atoms with Crippen molar-refractivity contribution in [1.29, 1.82) is 0 Å². The fourth-order valence-electron chi connectivity index (χ4n) is 3.00. The lowest BCUT2D eigenvalue weighted by molar-refractivity contribution is -0.107. The lowest BCUT2D eigenvalue weighted by Crippen LogP contribution is -2.17. The highest BCUT2D eigenvalue weighted by molar-refractivity contribution is 5.84. The second kappa shape index (κ2) is 7.29. The van der Waals surface area contributed by atoms with Gasteiger partial charge in [0.15, 0.2) is 5.82 Å². The van der Waals surface area contributed by atoms with Crippen molar-refractivity contribution >= 4 is 23.1 Å². The molecule has 5 nitrogen and oxygen atoms in total. The van der Waals surface area contributed by atoms with Crippen molar-refractivity contribution in [2.45, 2.75) is 57.4 Å². The molecule has 0 aliphatic heterocycles. The summed E-state index contributed by atoms with van der Waals surface area (Å²) in [5, 5.41) is 3.56. The van der Waals surface area contributed by atoms with Crippen LogP contribution in [0.15, 0.2) is 18.3 Å². The van der Waals surface area contributed by atoms with Crippen LogP contribution in [0.4, 0.5) is 5.82 Å². The Balaban J connectivity index is 1.81. The molecular weight excluding hydrogens is 276 g/mol. The molecule has 0 unspecified atom stereocenters. The van der Waals surface area contributed by atoms with Gasteiger partial charge in [-0.15, -0.1) is 0 Å². The maximum absolute atomic E-state index is 10.4. The third-order valence-electron chi connectivity index (χ3n) is 4.17. The zero-order chi connectivity index (χ0) is 15.2. The van der Waals surface area contributed by atoms with Crippen LogP contribution in [0.3, 0.4) is 0 Å². The first kappa shape index (κ1) is 14.9. The summed E-state index contributed by atoms with van der Waals surface area (Å²) in [6, 6.07) is 4.40. The maximum atomic E-state index is 10.4. The summed E-state index contributed by atoms with van der Waals surface area (Å²) < 4.78 is 0. The van der Waals surface area contributed by atoms with E-state index in [4.69, 9.17) is 0 Å². The van der Waals surface area contributed by atoms with Gasteiger partial charge in [-0.25, -0.2) is 9.97 Å². The molecule has 0 amide bonds. The quantitative estimate of drug-likeness (QED) is 0.627. The number of carbonyl (C=O) groups is 1. The van der Waals surface area contributed by atoms with E-state index in [0.717, 1.165) is 48.2 Å². The molecule has 1 aliphatic carbocycles. The van der Waals surface area contributed by atoms with Gasteiger partial charge in [0.1, 0.15) is 17.6 Å². The number of fused-ring (bicyclic) bond motifs is 1. The van der Waals surface area contributed by atoms with E-state index in [-0.39, 0.29) is 0 Å². The number of hydrogen-bond donors (Lipinski definition) is 1. The van der Waals surface area contributed by atoms with Gasteiger partial charge in [-0.1, -0.05) is 12.8 Å². The predicted molar refractivity (Wildman–Crippen MR) is 86.8 cm³/mol. The zero-order valence-electron chi connectivity index (χ0n) is 12.8. The van der Waals surface area contributed by atoms with E-state index in [1.54, 1.807) is 6.20 Å². The fourth-order valence-corrected chi connectivity index (χ4v) is 3.00. The molecule has 5 heteroatoms. The Labute approximate surface area is 130 Å². The number of carbonyl (C=O) groups excluding carboxylic acids is 1. The molecule has 1 N–H and O–H groups in total. The average molecular weight is 298 g/mol. The van der Waals surface area contributed by atoms with Crippen LogP contribution in [-0.4, -0.2) is 27.3 Å². The minimum absolute atomic E-state index is 0.503. The number of anilines is 1. The van der Waals surface area contributed by atoms with Crippen LogP contribution in [0.2, 0.25) is 0 Å². The second-order valence-corrected chi connectivity index (χ2v) is 5.90. The second-order valence-electron chi connectivity index (χ2n) is 5.90. The molecule has 0 bridgehead atoms. The van der Waals surface area contributed by atoms with Crippen LogP contribution in [0, 0.1) is 0 Å². The number of hydrogen-bond acceptors (Lipinski definition) is 5. The smallest absolute Gasteiger partial charge is 0.156 e. The van der Waals surface area contributed by atoms with Crippen LogP contribution >= 0.6 is 0 Å². The van der Waals surface area contributed by atoms with Gasteiger partial charge in [0.2, 0.25) is 0 Å². The largest absolute Gasteiger partial charge is 0.365 e. The summed E-state index contributed by atoms with van der Waals surface area (Å²) >= 11 is 0. The number of aromatic nitrogens is 3. The molecule has 3 rings (SSSR count). The van der Waals surface area contributed by atoms with Crippen LogP contribution in [0.1, 0.15) is 50.8 Å². The Morgan fingerprint density at radius 3 is 2.91 bits per heavy atom. The van der Waals surface area contributed by atoms with Gasteiger partial charge in [-0.2, -0.15) is 0 Å². The van der Waals surface area contributed by atoms with E-state index in [9.17, 15) is 4.79 Å². The topological polar surface area (TPSA) is 67.8 Å². The molecule has 0 spiro atoms. The molecule has 0 atom stereocenters.